The quantitative estimate of drug-likeness (QED) is 0.868. The summed E-state index contributed by atoms with van der Waals surface area (Å²) in [5, 5.41) is 0. The molecule has 2 rings (SSSR count). The predicted octanol–water partition coefficient (Wildman–Crippen LogP) is 1.18. The Balaban J connectivity index is 2.05. The molecule has 2 N–H and O–H groups in total. The Morgan fingerprint density at radius 2 is 2.35 bits per heavy atom. The molecule has 2 heterocycles. The minimum absolute atomic E-state index is 0.299. The standard InChI is InChI=1S/C12H17N3OS/c1-10(6-13)8-17(16)9-11-7-15-5-3-2-4-12(15)14-11/h2-5,7,10H,6,8-9,13H2,1H3. The molecule has 0 aromatic carbocycles. The maximum atomic E-state index is 11.9. The maximum Gasteiger partial charge on any atom is 0.137 e. The van der Waals surface area contributed by atoms with Gasteiger partial charge in [-0.3, -0.25) is 4.21 Å². The molecule has 0 fully saturated rings. The van der Waals surface area contributed by atoms with Crippen LogP contribution in [0.2, 0.25) is 0 Å². The summed E-state index contributed by atoms with van der Waals surface area (Å²) < 4.78 is 13.8. The minimum atomic E-state index is -0.883. The van der Waals surface area contributed by atoms with Crippen LogP contribution in [0.25, 0.3) is 5.65 Å². The van der Waals surface area contributed by atoms with E-state index in [4.69, 9.17) is 5.73 Å². The Morgan fingerprint density at radius 1 is 1.53 bits per heavy atom. The summed E-state index contributed by atoms with van der Waals surface area (Å²) >= 11 is 0. The van der Waals surface area contributed by atoms with Gasteiger partial charge in [0.05, 0.1) is 11.4 Å². The van der Waals surface area contributed by atoms with Crippen molar-refractivity contribution < 1.29 is 4.21 Å². The van der Waals surface area contributed by atoms with Crippen molar-refractivity contribution in [3.8, 4) is 0 Å². The topological polar surface area (TPSA) is 60.4 Å². The number of rotatable bonds is 5. The number of aromatic nitrogens is 2. The lowest BCUT2D eigenvalue weighted by atomic mass is 10.2. The Hall–Kier alpha value is -1.20. The molecule has 0 aliphatic heterocycles. The highest BCUT2D eigenvalue weighted by atomic mass is 32.2. The number of hydrogen-bond acceptors (Lipinski definition) is 3. The first-order chi connectivity index (χ1) is 8.19. The second kappa shape index (κ2) is 5.42. The molecule has 2 aromatic rings. The third kappa shape index (κ3) is 3.14. The van der Waals surface area contributed by atoms with E-state index in [0.29, 0.717) is 24.0 Å². The summed E-state index contributed by atoms with van der Waals surface area (Å²) in [6.07, 6.45) is 3.87. The van der Waals surface area contributed by atoms with Crippen molar-refractivity contribution in [1.29, 1.82) is 0 Å². The van der Waals surface area contributed by atoms with E-state index < -0.39 is 10.8 Å². The van der Waals surface area contributed by atoms with E-state index in [1.54, 1.807) is 0 Å². The highest BCUT2D eigenvalue weighted by Gasteiger charge is 2.09. The van der Waals surface area contributed by atoms with Gasteiger partial charge in [0.15, 0.2) is 0 Å². The molecule has 5 heteroatoms. The summed E-state index contributed by atoms with van der Waals surface area (Å²) in [5.74, 6) is 1.45. The van der Waals surface area contributed by atoms with Gasteiger partial charge in [-0.1, -0.05) is 13.0 Å². The van der Waals surface area contributed by atoms with Gasteiger partial charge in [-0.2, -0.15) is 0 Å². The molecule has 0 aliphatic carbocycles. The van der Waals surface area contributed by atoms with Gasteiger partial charge in [-0.25, -0.2) is 4.98 Å². The number of nitrogens with two attached hydrogens (primary N) is 1. The van der Waals surface area contributed by atoms with Crippen molar-refractivity contribution >= 4 is 16.4 Å². The molecule has 17 heavy (non-hydrogen) atoms. The molecule has 92 valence electrons. The molecule has 0 aliphatic rings. The number of imidazole rings is 1. The lowest BCUT2D eigenvalue weighted by Crippen LogP contribution is -2.18. The molecule has 0 bridgehead atoms. The lowest BCUT2D eigenvalue weighted by Gasteiger charge is -2.06. The molecule has 0 spiro atoms. The van der Waals surface area contributed by atoms with Gasteiger partial charge in [0.25, 0.3) is 0 Å². The van der Waals surface area contributed by atoms with Gasteiger partial charge < -0.3 is 10.1 Å². The number of fused-ring (bicyclic) bond motifs is 1. The van der Waals surface area contributed by atoms with Crippen molar-refractivity contribution in [3.63, 3.8) is 0 Å². The van der Waals surface area contributed by atoms with E-state index in [1.165, 1.54) is 0 Å². The van der Waals surface area contributed by atoms with Crippen LogP contribution < -0.4 is 5.73 Å². The van der Waals surface area contributed by atoms with E-state index in [1.807, 2.05) is 41.9 Å². The normalized spacial score (nSPS) is 14.9. The van der Waals surface area contributed by atoms with E-state index in [2.05, 4.69) is 4.98 Å². The van der Waals surface area contributed by atoms with Crippen molar-refractivity contribution in [2.24, 2.45) is 11.7 Å². The number of pyridine rings is 1. The minimum Gasteiger partial charge on any atom is -0.330 e. The van der Waals surface area contributed by atoms with Crippen molar-refractivity contribution in [2.75, 3.05) is 12.3 Å². The zero-order valence-electron chi connectivity index (χ0n) is 9.87. The fourth-order valence-electron chi connectivity index (χ4n) is 1.67. The van der Waals surface area contributed by atoms with Gasteiger partial charge in [0, 0.05) is 28.9 Å². The average molecular weight is 251 g/mol. The molecule has 0 saturated heterocycles. The zero-order valence-corrected chi connectivity index (χ0v) is 10.7. The van der Waals surface area contributed by atoms with Crippen LogP contribution in [0, 0.1) is 5.92 Å². The van der Waals surface area contributed by atoms with E-state index >= 15 is 0 Å². The Kier molecular flexibility index (Phi) is 3.91. The van der Waals surface area contributed by atoms with Gasteiger partial charge in [0.1, 0.15) is 5.65 Å². The molecular weight excluding hydrogens is 234 g/mol. The molecule has 2 atom stereocenters. The fourth-order valence-corrected chi connectivity index (χ4v) is 3.02. The largest absolute Gasteiger partial charge is 0.330 e. The summed E-state index contributed by atoms with van der Waals surface area (Å²) in [7, 11) is -0.883. The molecule has 0 saturated carbocycles. The molecule has 4 nitrogen and oxygen atoms in total. The second-order valence-electron chi connectivity index (χ2n) is 4.29. The van der Waals surface area contributed by atoms with Gasteiger partial charge in [-0.15, -0.1) is 0 Å². The summed E-state index contributed by atoms with van der Waals surface area (Å²) in [4.78, 5) is 4.42. The highest BCUT2D eigenvalue weighted by Crippen LogP contribution is 2.08. The number of hydrogen-bond donors (Lipinski definition) is 1. The van der Waals surface area contributed by atoms with Crippen LogP contribution in [-0.2, 0) is 16.6 Å². The fraction of sp³-hybridized carbons (Fsp3) is 0.417. The van der Waals surface area contributed by atoms with Gasteiger partial charge in [0.2, 0.25) is 0 Å². The monoisotopic (exact) mass is 251 g/mol. The summed E-state index contributed by atoms with van der Waals surface area (Å²) in [5.41, 5.74) is 7.29. The van der Waals surface area contributed by atoms with Gasteiger partial charge in [-0.05, 0) is 24.6 Å². The van der Waals surface area contributed by atoms with Crippen molar-refractivity contribution in [2.45, 2.75) is 12.7 Å². The first-order valence-electron chi connectivity index (χ1n) is 5.66. The van der Waals surface area contributed by atoms with Crippen LogP contribution in [0.5, 0.6) is 0 Å². The maximum absolute atomic E-state index is 11.9. The average Bonchev–Trinajstić information content (AvgIpc) is 2.70. The van der Waals surface area contributed by atoms with E-state index in [0.717, 1.165) is 11.3 Å². The predicted molar refractivity (Wildman–Crippen MR) is 70.1 cm³/mol. The molecular formula is C12H17N3OS. The Bertz CT molecular complexity index is 490. The molecule has 0 amide bonds. The summed E-state index contributed by atoms with van der Waals surface area (Å²) in [6, 6.07) is 5.83. The van der Waals surface area contributed by atoms with Crippen LogP contribution in [0.3, 0.4) is 0 Å². The molecule has 0 radical (unpaired) electrons. The van der Waals surface area contributed by atoms with E-state index in [9.17, 15) is 4.21 Å². The van der Waals surface area contributed by atoms with Crippen LogP contribution in [-0.4, -0.2) is 25.9 Å². The second-order valence-corrected chi connectivity index (χ2v) is 5.79. The first kappa shape index (κ1) is 12.3. The Labute approximate surface area is 103 Å². The smallest absolute Gasteiger partial charge is 0.137 e. The first-order valence-corrected chi connectivity index (χ1v) is 7.15. The molecule has 2 unspecified atom stereocenters. The van der Waals surface area contributed by atoms with Crippen molar-refractivity contribution in [1.82, 2.24) is 9.38 Å². The highest BCUT2D eigenvalue weighted by molar-refractivity contribution is 7.84. The zero-order chi connectivity index (χ0) is 12.3. The van der Waals surface area contributed by atoms with Crippen LogP contribution in [0.1, 0.15) is 12.6 Å². The van der Waals surface area contributed by atoms with Gasteiger partial charge >= 0.3 is 0 Å². The Morgan fingerprint density at radius 3 is 3.06 bits per heavy atom. The third-order valence-corrected chi connectivity index (χ3v) is 4.15. The number of nitrogens with zero attached hydrogens (tertiary/aromatic N) is 2. The van der Waals surface area contributed by atoms with Crippen LogP contribution >= 0.6 is 0 Å². The van der Waals surface area contributed by atoms with Crippen LogP contribution in [0.15, 0.2) is 30.6 Å². The van der Waals surface area contributed by atoms with E-state index in [-0.39, 0.29) is 0 Å². The lowest BCUT2D eigenvalue weighted by molar-refractivity contribution is 0.640. The molecule has 2 aromatic heterocycles. The SMILES string of the molecule is CC(CN)CS(=O)Cc1cn2ccccc2n1. The van der Waals surface area contributed by atoms with Crippen LogP contribution in [0.4, 0.5) is 0 Å². The summed E-state index contributed by atoms with van der Waals surface area (Å²) in [6.45, 7) is 2.60. The van der Waals surface area contributed by atoms with Crippen molar-refractivity contribution in [3.05, 3.63) is 36.3 Å². The third-order valence-electron chi connectivity index (χ3n) is 2.60.